The van der Waals surface area contributed by atoms with Crippen LogP contribution >= 0.6 is 12.6 Å². The van der Waals surface area contributed by atoms with Gasteiger partial charge in [0.1, 0.15) is 6.04 Å². The molecule has 2 N–H and O–H groups in total. The zero-order valence-corrected chi connectivity index (χ0v) is 11.0. The highest BCUT2D eigenvalue weighted by Crippen LogP contribution is 2.07. The average Bonchev–Trinajstić information content (AvgIpc) is 2.23. The molecule has 5 nitrogen and oxygen atoms in total. The minimum Gasteiger partial charge on any atom is -0.480 e. The molecule has 0 saturated heterocycles. The van der Waals surface area contributed by atoms with Crippen LogP contribution in [0.4, 0.5) is 0 Å². The first-order valence-electron chi connectivity index (χ1n) is 5.82. The normalized spacial score (nSPS) is 12.6. The molecular formula is C11H21NO4S. The van der Waals surface area contributed by atoms with E-state index >= 15 is 0 Å². The smallest absolute Gasteiger partial charge is 0.321 e. The van der Waals surface area contributed by atoms with Gasteiger partial charge < -0.3 is 10.2 Å². The van der Waals surface area contributed by atoms with E-state index in [1.54, 1.807) is 0 Å². The van der Waals surface area contributed by atoms with Gasteiger partial charge in [-0.25, -0.2) is 0 Å². The van der Waals surface area contributed by atoms with Gasteiger partial charge in [0.25, 0.3) is 0 Å². The monoisotopic (exact) mass is 263 g/mol. The van der Waals surface area contributed by atoms with E-state index in [1.165, 1.54) is 4.90 Å². The SMILES string of the molecule is CCCCCCN(CC(=O)O)[C@@H](CS)C(=O)O. The maximum atomic E-state index is 11.0. The van der Waals surface area contributed by atoms with Crippen LogP contribution in [-0.2, 0) is 9.59 Å². The van der Waals surface area contributed by atoms with Crippen LogP contribution in [0.1, 0.15) is 32.6 Å². The second kappa shape index (κ2) is 9.30. The van der Waals surface area contributed by atoms with Crippen molar-refractivity contribution in [2.24, 2.45) is 0 Å². The summed E-state index contributed by atoms with van der Waals surface area (Å²) in [5, 5.41) is 17.7. The largest absolute Gasteiger partial charge is 0.480 e. The van der Waals surface area contributed by atoms with Crippen LogP contribution in [0.5, 0.6) is 0 Å². The number of carboxylic acids is 2. The van der Waals surface area contributed by atoms with Gasteiger partial charge in [-0.3, -0.25) is 14.5 Å². The van der Waals surface area contributed by atoms with Gasteiger partial charge in [-0.15, -0.1) is 0 Å². The van der Waals surface area contributed by atoms with Gasteiger partial charge in [0, 0.05) is 5.75 Å². The van der Waals surface area contributed by atoms with Crippen LogP contribution in [0.25, 0.3) is 0 Å². The molecule has 100 valence electrons. The highest BCUT2D eigenvalue weighted by atomic mass is 32.1. The quantitative estimate of drug-likeness (QED) is 0.409. The van der Waals surface area contributed by atoms with E-state index in [9.17, 15) is 9.59 Å². The highest BCUT2D eigenvalue weighted by molar-refractivity contribution is 7.80. The summed E-state index contributed by atoms with van der Waals surface area (Å²) in [6.45, 7) is 2.33. The molecule has 0 aliphatic carbocycles. The summed E-state index contributed by atoms with van der Waals surface area (Å²) in [5.74, 6) is -1.90. The fraction of sp³-hybridized carbons (Fsp3) is 0.818. The fourth-order valence-corrected chi connectivity index (χ4v) is 2.00. The van der Waals surface area contributed by atoms with E-state index in [0.717, 1.165) is 25.7 Å². The number of hydrogen-bond acceptors (Lipinski definition) is 4. The molecule has 1 atom stereocenters. The maximum absolute atomic E-state index is 11.0. The first-order chi connectivity index (χ1) is 8.02. The lowest BCUT2D eigenvalue weighted by Gasteiger charge is -2.25. The number of rotatable bonds is 10. The Morgan fingerprint density at radius 1 is 1.24 bits per heavy atom. The molecule has 0 aliphatic heterocycles. The van der Waals surface area contributed by atoms with Crippen LogP contribution < -0.4 is 0 Å². The molecule has 17 heavy (non-hydrogen) atoms. The zero-order chi connectivity index (χ0) is 13.3. The molecule has 0 aliphatic rings. The van der Waals surface area contributed by atoms with Gasteiger partial charge in [-0.2, -0.15) is 12.6 Å². The molecule has 0 heterocycles. The second-order valence-corrected chi connectivity index (χ2v) is 4.33. The molecule has 0 rings (SSSR count). The number of carboxylic acid groups (broad SMARTS) is 2. The van der Waals surface area contributed by atoms with Gasteiger partial charge >= 0.3 is 11.9 Å². The van der Waals surface area contributed by atoms with Gasteiger partial charge in [0.05, 0.1) is 6.54 Å². The van der Waals surface area contributed by atoms with Crippen molar-refractivity contribution in [3.8, 4) is 0 Å². The van der Waals surface area contributed by atoms with Crippen LogP contribution in [0.15, 0.2) is 0 Å². The summed E-state index contributed by atoms with van der Waals surface area (Å²) in [5.41, 5.74) is 0. The summed E-state index contributed by atoms with van der Waals surface area (Å²) in [6, 6.07) is -0.823. The predicted molar refractivity (Wildman–Crippen MR) is 68.6 cm³/mol. The first kappa shape index (κ1) is 16.2. The Morgan fingerprint density at radius 2 is 1.88 bits per heavy atom. The number of thiol groups is 1. The lowest BCUT2D eigenvalue weighted by molar-refractivity contribution is -0.145. The van der Waals surface area contributed by atoms with Gasteiger partial charge in [0.2, 0.25) is 0 Å². The van der Waals surface area contributed by atoms with Gasteiger partial charge in [0.15, 0.2) is 0 Å². The summed E-state index contributed by atoms with van der Waals surface area (Å²) in [6.07, 6.45) is 3.98. The Bertz CT molecular complexity index is 248. The predicted octanol–water partition coefficient (Wildman–Crippen LogP) is 1.34. The Balaban J connectivity index is 4.30. The molecule has 0 unspecified atom stereocenters. The van der Waals surface area contributed by atoms with E-state index in [2.05, 4.69) is 19.6 Å². The van der Waals surface area contributed by atoms with E-state index in [0.29, 0.717) is 6.54 Å². The third kappa shape index (κ3) is 7.23. The van der Waals surface area contributed by atoms with Crippen LogP contribution in [-0.4, -0.2) is 51.9 Å². The number of carbonyl (C=O) groups is 2. The van der Waals surface area contributed by atoms with Crippen molar-refractivity contribution in [2.45, 2.75) is 38.6 Å². The van der Waals surface area contributed by atoms with E-state index in [1.807, 2.05) is 0 Å². The van der Waals surface area contributed by atoms with Crippen molar-refractivity contribution in [1.29, 1.82) is 0 Å². The number of hydrogen-bond donors (Lipinski definition) is 3. The molecule has 0 aromatic heterocycles. The molecule has 0 aromatic rings. The van der Waals surface area contributed by atoms with Gasteiger partial charge in [-0.05, 0) is 13.0 Å². The highest BCUT2D eigenvalue weighted by Gasteiger charge is 2.25. The maximum Gasteiger partial charge on any atom is 0.321 e. The van der Waals surface area contributed by atoms with Crippen molar-refractivity contribution in [3.05, 3.63) is 0 Å². The molecule has 0 aromatic carbocycles. The fourth-order valence-electron chi connectivity index (χ4n) is 1.61. The van der Waals surface area contributed by atoms with Crippen molar-refractivity contribution < 1.29 is 19.8 Å². The van der Waals surface area contributed by atoms with Crippen molar-refractivity contribution >= 4 is 24.6 Å². The van der Waals surface area contributed by atoms with Crippen molar-refractivity contribution in [3.63, 3.8) is 0 Å². The summed E-state index contributed by atoms with van der Waals surface area (Å²) in [4.78, 5) is 23.1. The third-order valence-corrected chi connectivity index (χ3v) is 2.88. The standard InChI is InChI=1S/C11H21NO4S/c1-2-3-4-5-6-12(7-10(13)14)9(8-17)11(15)16/h9,17H,2-8H2,1H3,(H,13,14)(H,15,16)/t9-/m0/s1. The Morgan fingerprint density at radius 3 is 2.29 bits per heavy atom. The Labute approximate surface area is 107 Å². The molecular weight excluding hydrogens is 242 g/mol. The number of nitrogens with zero attached hydrogens (tertiary/aromatic N) is 1. The first-order valence-corrected chi connectivity index (χ1v) is 6.45. The molecule has 0 bridgehead atoms. The average molecular weight is 263 g/mol. The number of aliphatic carboxylic acids is 2. The van der Waals surface area contributed by atoms with Crippen LogP contribution in [0.2, 0.25) is 0 Å². The molecule has 0 saturated carbocycles. The minimum absolute atomic E-state index is 0.121. The Hall–Kier alpha value is -0.750. The summed E-state index contributed by atoms with van der Waals surface area (Å²) >= 11 is 3.96. The summed E-state index contributed by atoms with van der Waals surface area (Å²) < 4.78 is 0. The van der Waals surface area contributed by atoms with E-state index in [-0.39, 0.29) is 12.3 Å². The topological polar surface area (TPSA) is 77.8 Å². The van der Waals surface area contributed by atoms with E-state index in [4.69, 9.17) is 10.2 Å². The van der Waals surface area contributed by atoms with Crippen LogP contribution in [0.3, 0.4) is 0 Å². The third-order valence-electron chi connectivity index (χ3n) is 2.54. The molecule has 0 spiro atoms. The molecule has 6 heteroatoms. The van der Waals surface area contributed by atoms with Crippen molar-refractivity contribution in [2.75, 3.05) is 18.8 Å². The summed E-state index contributed by atoms with van der Waals surface area (Å²) in [7, 11) is 0. The van der Waals surface area contributed by atoms with Crippen LogP contribution in [0, 0.1) is 0 Å². The lowest BCUT2D eigenvalue weighted by atomic mass is 10.2. The molecule has 0 fully saturated rings. The zero-order valence-electron chi connectivity index (χ0n) is 10.1. The van der Waals surface area contributed by atoms with Crippen molar-refractivity contribution in [1.82, 2.24) is 4.90 Å². The molecule has 0 amide bonds. The lowest BCUT2D eigenvalue weighted by Crippen LogP contribution is -2.45. The molecule has 0 radical (unpaired) electrons. The Kier molecular flexibility index (Phi) is 8.89. The van der Waals surface area contributed by atoms with Gasteiger partial charge in [-0.1, -0.05) is 26.2 Å². The number of unbranched alkanes of at least 4 members (excludes halogenated alkanes) is 3. The van der Waals surface area contributed by atoms with E-state index < -0.39 is 18.0 Å². The second-order valence-electron chi connectivity index (χ2n) is 3.96. The minimum atomic E-state index is -1.02.